The zero-order chi connectivity index (χ0) is 16.8. The van der Waals surface area contributed by atoms with Crippen LogP contribution in [0.3, 0.4) is 0 Å². The fourth-order valence-electron chi connectivity index (χ4n) is 2.61. The van der Waals surface area contributed by atoms with E-state index in [1.807, 2.05) is 13.0 Å². The average Bonchev–Trinajstić information content (AvgIpc) is 2.55. The van der Waals surface area contributed by atoms with E-state index in [9.17, 15) is 14.4 Å². The highest BCUT2D eigenvalue weighted by atomic mass is 16.2. The van der Waals surface area contributed by atoms with E-state index < -0.39 is 0 Å². The highest BCUT2D eigenvalue weighted by Crippen LogP contribution is 2.06. The molecular weight excluding hydrogens is 294 g/mol. The van der Waals surface area contributed by atoms with Crippen LogP contribution in [0, 0.1) is 0 Å². The number of benzene rings is 1. The second-order valence-corrected chi connectivity index (χ2v) is 5.83. The monoisotopic (exact) mass is 317 g/mol. The number of hydrogen-bond donors (Lipinski definition) is 1. The molecule has 0 unspecified atom stereocenters. The van der Waals surface area contributed by atoms with Gasteiger partial charge < -0.3 is 15.1 Å². The third-order valence-corrected chi connectivity index (χ3v) is 3.97. The number of nitrogens with zero attached hydrogens (tertiary/aromatic N) is 2. The highest BCUT2D eigenvalue weighted by molar-refractivity contribution is 5.94. The van der Waals surface area contributed by atoms with Gasteiger partial charge in [0.15, 0.2) is 0 Å². The summed E-state index contributed by atoms with van der Waals surface area (Å²) >= 11 is 0. The molecule has 1 aliphatic heterocycles. The van der Waals surface area contributed by atoms with E-state index in [0.717, 1.165) is 0 Å². The average molecular weight is 317 g/mol. The van der Waals surface area contributed by atoms with E-state index in [-0.39, 0.29) is 30.2 Å². The first-order valence-electron chi connectivity index (χ1n) is 7.86. The summed E-state index contributed by atoms with van der Waals surface area (Å²) in [7, 11) is 0. The van der Waals surface area contributed by atoms with Crippen LogP contribution >= 0.6 is 0 Å². The maximum atomic E-state index is 12.3. The molecule has 1 aliphatic rings. The fraction of sp³-hybridized carbons (Fsp3) is 0.471. The first kappa shape index (κ1) is 17.0. The quantitative estimate of drug-likeness (QED) is 0.896. The lowest BCUT2D eigenvalue weighted by molar-refractivity contribution is -0.138. The SMILES string of the molecule is CC(=O)N1CCN(C(=O)C[C@H](C)NC(=O)c2ccccc2)CC1. The summed E-state index contributed by atoms with van der Waals surface area (Å²) in [4.78, 5) is 39.1. The smallest absolute Gasteiger partial charge is 0.251 e. The highest BCUT2D eigenvalue weighted by Gasteiger charge is 2.23. The summed E-state index contributed by atoms with van der Waals surface area (Å²) in [5, 5.41) is 2.84. The van der Waals surface area contributed by atoms with Gasteiger partial charge in [-0.1, -0.05) is 18.2 Å². The Balaban J connectivity index is 1.79. The summed E-state index contributed by atoms with van der Waals surface area (Å²) in [5.41, 5.74) is 0.585. The molecule has 23 heavy (non-hydrogen) atoms. The number of nitrogens with one attached hydrogen (secondary N) is 1. The lowest BCUT2D eigenvalue weighted by Gasteiger charge is -2.34. The van der Waals surface area contributed by atoms with Crippen molar-refractivity contribution in [2.24, 2.45) is 0 Å². The molecule has 0 spiro atoms. The standard InChI is InChI=1S/C17H23N3O3/c1-13(18-17(23)15-6-4-3-5-7-15)12-16(22)20-10-8-19(9-11-20)14(2)21/h3-7,13H,8-12H2,1-2H3,(H,18,23)/t13-/m0/s1. The molecule has 0 radical (unpaired) electrons. The zero-order valence-electron chi connectivity index (χ0n) is 13.6. The van der Waals surface area contributed by atoms with Gasteiger partial charge in [-0.2, -0.15) is 0 Å². The zero-order valence-corrected chi connectivity index (χ0v) is 13.6. The first-order valence-corrected chi connectivity index (χ1v) is 7.86. The third kappa shape index (κ3) is 4.81. The van der Waals surface area contributed by atoms with Gasteiger partial charge >= 0.3 is 0 Å². The minimum Gasteiger partial charge on any atom is -0.349 e. The Morgan fingerprint density at radius 2 is 1.61 bits per heavy atom. The van der Waals surface area contributed by atoms with Gasteiger partial charge in [-0.15, -0.1) is 0 Å². The number of rotatable bonds is 4. The Hall–Kier alpha value is -2.37. The maximum Gasteiger partial charge on any atom is 0.251 e. The second kappa shape index (κ2) is 7.76. The molecule has 6 heteroatoms. The summed E-state index contributed by atoms with van der Waals surface area (Å²) in [6.45, 7) is 5.62. The van der Waals surface area contributed by atoms with Gasteiger partial charge in [-0.25, -0.2) is 0 Å². The molecular formula is C17H23N3O3. The minimum atomic E-state index is -0.235. The van der Waals surface area contributed by atoms with Crippen molar-refractivity contribution in [1.29, 1.82) is 0 Å². The van der Waals surface area contributed by atoms with E-state index >= 15 is 0 Å². The maximum absolute atomic E-state index is 12.3. The van der Waals surface area contributed by atoms with Gasteiger partial charge in [-0.3, -0.25) is 14.4 Å². The van der Waals surface area contributed by atoms with E-state index in [1.165, 1.54) is 0 Å². The fourth-order valence-corrected chi connectivity index (χ4v) is 2.61. The van der Waals surface area contributed by atoms with Crippen molar-refractivity contribution in [3.05, 3.63) is 35.9 Å². The Kier molecular flexibility index (Phi) is 5.73. The van der Waals surface area contributed by atoms with E-state index in [2.05, 4.69) is 5.32 Å². The Bertz CT molecular complexity index is 566. The molecule has 6 nitrogen and oxygen atoms in total. The molecule has 1 aromatic rings. The molecule has 0 aromatic heterocycles. The summed E-state index contributed by atoms with van der Waals surface area (Å²) < 4.78 is 0. The predicted octanol–water partition coefficient (Wildman–Crippen LogP) is 0.886. The van der Waals surface area contributed by atoms with E-state index in [0.29, 0.717) is 31.7 Å². The van der Waals surface area contributed by atoms with Crippen molar-refractivity contribution in [2.75, 3.05) is 26.2 Å². The Morgan fingerprint density at radius 3 is 2.17 bits per heavy atom. The van der Waals surface area contributed by atoms with Gasteiger partial charge in [0.05, 0.1) is 0 Å². The number of carbonyl (C=O) groups excluding carboxylic acids is 3. The molecule has 0 saturated carbocycles. The molecule has 0 aliphatic carbocycles. The van der Waals surface area contributed by atoms with Crippen LogP contribution in [0.4, 0.5) is 0 Å². The van der Waals surface area contributed by atoms with Crippen molar-refractivity contribution in [2.45, 2.75) is 26.3 Å². The van der Waals surface area contributed by atoms with Gasteiger partial charge in [0, 0.05) is 51.1 Å². The van der Waals surface area contributed by atoms with Crippen LogP contribution in [-0.2, 0) is 9.59 Å². The third-order valence-electron chi connectivity index (χ3n) is 3.97. The predicted molar refractivity (Wildman–Crippen MR) is 86.8 cm³/mol. The van der Waals surface area contributed by atoms with Crippen LogP contribution in [0.15, 0.2) is 30.3 Å². The van der Waals surface area contributed by atoms with Crippen molar-refractivity contribution in [1.82, 2.24) is 15.1 Å². The molecule has 1 saturated heterocycles. The van der Waals surface area contributed by atoms with Crippen molar-refractivity contribution < 1.29 is 14.4 Å². The largest absolute Gasteiger partial charge is 0.349 e. The van der Waals surface area contributed by atoms with Gasteiger partial charge in [-0.05, 0) is 19.1 Å². The van der Waals surface area contributed by atoms with E-state index in [1.54, 1.807) is 41.0 Å². The molecule has 3 amide bonds. The number of carbonyl (C=O) groups is 3. The summed E-state index contributed by atoms with van der Waals surface area (Å²) in [5.74, 6) is -0.123. The van der Waals surface area contributed by atoms with Crippen molar-refractivity contribution in [3.8, 4) is 0 Å². The minimum absolute atomic E-state index is 0.00839. The molecule has 1 atom stereocenters. The molecule has 1 heterocycles. The van der Waals surface area contributed by atoms with Crippen LogP contribution in [0.1, 0.15) is 30.6 Å². The van der Waals surface area contributed by atoms with Crippen molar-refractivity contribution >= 4 is 17.7 Å². The summed E-state index contributed by atoms with van der Waals surface area (Å²) in [6.07, 6.45) is 0.263. The van der Waals surface area contributed by atoms with Crippen LogP contribution < -0.4 is 5.32 Å². The normalized spacial score (nSPS) is 15.9. The molecule has 0 bridgehead atoms. The topological polar surface area (TPSA) is 69.7 Å². The second-order valence-electron chi connectivity index (χ2n) is 5.83. The lowest BCUT2D eigenvalue weighted by atomic mass is 10.1. The lowest BCUT2D eigenvalue weighted by Crippen LogP contribution is -2.51. The van der Waals surface area contributed by atoms with Crippen LogP contribution in [0.25, 0.3) is 0 Å². The van der Waals surface area contributed by atoms with Gasteiger partial charge in [0.1, 0.15) is 0 Å². The van der Waals surface area contributed by atoms with Crippen molar-refractivity contribution in [3.63, 3.8) is 0 Å². The van der Waals surface area contributed by atoms with Crippen LogP contribution in [0.2, 0.25) is 0 Å². The van der Waals surface area contributed by atoms with Crippen LogP contribution in [0.5, 0.6) is 0 Å². The van der Waals surface area contributed by atoms with Crippen LogP contribution in [-0.4, -0.2) is 59.7 Å². The molecule has 124 valence electrons. The summed E-state index contributed by atoms with van der Waals surface area (Å²) in [6, 6.07) is 8.71. The number of piperazine rings is 1. The Labute approximate surface area is 136 Å². The number of hydrogen-bond acceptors (Lipinski definition) is 3. The first-order chi connectivity index (χ1) is 11.0. The van der Waals surface area contributed by atoms with Gasteiger partial charge in [0.2, 0.25) is 11.8 Å². The molecule has 1 N–H and O–H groups in total. The number of amides is 3. The molecule has 1 fully saturated rings. The molecule has 1 aromatic carbocycles. The Morgan fingerprint density at radius 1 is 1.04 bits per heavy atom. The van der Waals surface area contributed by atoms with E-state index in [4.69, 9.17) is 0 Å². The molecule has 2 rings (SSSR count). The van der Waals surface area contributed by atoms with Gasteiger partial charge in [0.25, 0.3) is 5.91 Å².